The molecule has 1 N–H and O–H groups in total. The molecule has 106 valence electrons. The van der Waals surface area contributed by atoms with Crippen molar-refractivity contribution in [2.75, 3.05) is 20.6 Å². The van der Waals surface area contributed by atoms with Crippen molar-refractivity contribution < 1.29 is 5.11 Å². The van der Waals surface area contributed by atoms with Crippen LogP contribution in [0.2, 0.25) is 0 Å². The van der Waals surface area contributed by atoms with Gasteiger partial charge >= 0.3 is 0 Å². The standard InChI is InChI=1S/C16H20N2OS/c1-17(2)16(13-5-6-20-11-13)10-18-8-12-3-4-15(19)7-14(12)9-18/h3-7,11,16,19H,8-10H2,1-2H3. The van der Waals surface area contributed by atoms with E-state index in [0.717, 1.165) is 19.6 Å². The SMILES string of the molecule is CN(C)C(CN1Cc2ccc(O)cc2C1)c1ccsc1. The van der Waals surface area contributed by atoms with Crippen molar-refractivity contribution in [2.45, 2.75) is 19.1 Å². The molecular formula is C16H20N2OS. The molecule has 0 aliphatic carbocycles. The summed E-state index contributed by atoms with van der Waals surface area (Å²) < 4.78 is 0. The number of benzene rings is 1. The van der Waals surface area contributed by atoms with E-state index in [-0.39, 0.29) is 0 Å². The molecule has 2 heterocycles. The van der Waals surface area contributed by atoms with E-state index in [2.05, 4.69) is 40.7 Å². The second kappa shape index (κ2) is 5.56. The molecule has 3 rings (SSSR count). The normalized spacial score (nSPS) is 16.6. The lowest BCUT2D eigenvalue weighted by molar-refractivity contribution is 0.185. The van der Waals surface area contributed by atoms with Gasteiger partial charge in [0.1, 0.15) is 5.75 Å². The van der Waals surface area contributed by atoms with Gasteiger partial charge in [0, 0.05) is 25.7 Å². The summed E-state index contributed by atoms with van der Waals surface area (Å²) in [4.78, 5) is 4.73. The van der Waals surface area contributed by atoms with Gasteiger partial charge in [0.25, 0.3) is 0 Å². The van der Waals surface area contributed by atoms with Crippen molar-refractivity contribution in [3.8, 4) is 5.75 Å². The lowest BCUT2D eigenvalue weighted by atomic mass is 10.1. The highest BCUT2D eigenvalue weighted by Crippen LogP contribution is 2.29. The van der Waals surface area contributed by atoms with Crippen LogP contribution in [-0.4, -0.2) is 35.5 Å². The van der Waals surface area contributed by atoms with Crippen LogP contribution in [0.4, 0.5) is 0 Å². The quantitative estimate of drug-likeness (QED) is 0.936. The van der Waals surface area contributed by atoms with E-state index in [1.165, 1.54) is 16.7 Å². The number of rotatable bonds is 4. The van der Waals surface area contributed by atoms with E-state index in [1.807, 2.05) is 12.1 Å². The second-order valence-electron chi connectivity index (χ2n) is 5.66. The Balaban J connectivity index is 1.73. The highest BCUT2D eigenvalue weighted by Gasteiger charge is 2.24. The van der Waals surface area contributed by atoms with Gasteiger partial charge in [-0.2, -0.15) is 11.3 Å². The number of thiophene rings is 1. The first kappa shape index (κ1) is 13.6. The maximum absolute atomic E-state index is 9.58. The van der Waals surface area contributed by atoms with Gasteiger partial charge in [-0.15, -0.1) is 0 Å². The molecule has 0 spiro atoms. The molecular weight excluding hydrogens is 268 g/mol. The van der Waals surface area contributed by atoms with Crippen molar-refractivity contribution >= 4 is 11.3 Å². The van der Waals surface area contributed by atoms with Gasteiger partial charge in [-0.25, -0.2) is 0 Å². The predicted molar refractivity (Wildman–Crippen MR) is 83.0 cm³/mol. The molecule has 0 bridgehead atoms. The molecule has 1 atom stereocenters. The van der Waals surface area contributed by atoms with Gasteiger partial charge < -0.3 is 10.0 Å². The first-order chi connectivity index (χ1) is 9.63. The van der Waals surface area contributed by atoms with Crippen LogP contribution in [0.1, 0.15) is 22.7 Å². The van der Waals surface area contributed by atoms with Crippen molar-refractivity contribution in [3.05, 3.63) is 51.7 Å². The van der Waals surface area contributed by atoms with Gasteiger partial charge in [-0.1, -0.05) is 6.07 Å². The Morgan fingerprint density at radius 2 is 2.05 bits per heavy atom. The molecule has 0 amide bonds. The number of phenolic OH excluding ortho intramolecular Hbond substituents is 1. The predicted octanol–water partition coefficient (Wildman–Crippen LogP) is 3.07. The van der Waals surface area contributed by atoms with Crippen LogP contribution in [0.5, 0.6) is 5.75 Å². The Morgan fingerprint density at radius 3 is 2.75 bits per heavy atom. The molecule has 0 saturated carbocycles. The molecule has 1 aromatic carbocycles. The number of nitrogens with zero attached hydrogens (tertiary/aromatic N) is 2. The fraction of sp³-hybridized carbons (Fsp3) is 0.375. The minimum Gasteiger partial charge on any atom is -0.508 e. The van der Waals surface area contributed by atoms with Crippen molar-refractivity contribution in [1.82, 2.24) is 9.80 Å². The molecule has 20 heavy (non-hydrogen) atoms. The molecule has 1 aromatic heterocycles. The van der Waals surface area contributed by atoms with E-state index in [1.54, 1.807) is 17.4 Å². The molecule has 1 aliphatic heterocycles. The molecule has 1 unspecified atom stereocenters. The lowest BCUT2D eigenvalue weighted by Gasteiger charge is -2.28. The average molecular weight is 288 g/mol. The van der Waals surface area contributed by atoms with E-state index in [4.69, 9.17) is 0 Å². The van der Waals surface area contributed by atoms with Gasteiger partial charge in [-0.05, 0) is 59.7 Å². The second-order valence-corrected chi connectivity index (χ2v) is 6.44. The fourth-order valence-electron chi connectivity index (χ4n) is 2.86. The van der Waals surface area contributed by atoms with Crippen molar-refractivity contribution in [1.29, 1.82) is 0 Å². The molecule has 0 saturated heterocycles. The minimum absolute atomic E-state index is 0.368. The summed E-state index contributed by atoms with van der Waals surface area (Å²) in [7, 11) is 4.27. The lowest BCUT2D eigenvalue weighted by Crippen LogP contribution is -2.31. The monoisotopic (exact) mass is 288 g/mol. The van der Waals surface area contributed by atoms with Crippen LogP contribution in [-0.2, 0) is 13.1 Å². The summed E-state index contributed by atoms with van der Waals surface area (Å²) >= 11 is 1.75. The van der Waals surface area contributed by atoms with Gasteiger partial charge in [0.05, 0.1) is 0 Å². The summed E-state index contributed by atoms with van der Waals surface area (Å²) in [5.41, 5.74) is 3.98. The summed E-state index contributed by atoms with van der Waals surface area (Å²) in [6, 6.07) is 8.35. The summed E-state index contributed by atoms with van der Waals surface area (Å²) in [5.74, 6) is 0.368. The summed E-state index contributed by atoms with van der Waals surface area (Å²) in [6.45, 7) is 2.92. The highest BCUT2D eigenvalue weighted by molar-refractivity contribution is 7.07. The first-order valence-electron chi connectivity index (χ1n) is 6.85. The topological polar surface area (TPSA) is 26.7 Å². The van der Waals surface area contributed by atoms with Crippen LogP contribution < -0.4 is 0 Å². The van der Waals surface area contributed by atoms with Gasteiger partial charge in [-0.3, -0.25) is 4.90 Å². The highest BCUT2D eigenvalue weighted by atomic mass is 32.1. The average Bonchev–Trinajstić information content (AvgIpc) is 3.03. The summed E-state index contributed by atoms with van der Waals surface area (Å²) in [6.07, 6.45) is 0. The zero-order valence-corrected chi connectivity index (χ0v) is 12.7. The molecule has 4 heteroatoms. The van der Waals surface area contributed by atoms with Gasteiger partial charge in [0.15, 0.2) is 0 Å². The zero-order valence-electron chi connectivity index (χ0n) is 11.9. The largest absolute Gasteiger partial charge is 0.508 e. The Morgan fingerprint density at radius 1 is 1.25 bits per heavy atom. The third-order valence-electron chi connectivity index (χ3n) is 3.96. The fourth-order valence-corrected chi connectivity index (χ4v) is 3.56. The molecule has 3 nitrogen and oxygen atoms in total. The number of hydrogen-bond acceptors (Lipinski definition) is 4. The Kier molecular flexibility index (Phi) is 3.78. The minimum atomic E-state index is 0.368. The number of likely N-dealkylation sites (N-methyl/N-ethyl adjacent to an activating group) is 1. The number of hydrogen-bond donors (Lipinski definition) is 1. The number of aromatic hydroxyl groups is 1. The van der Waals surface area contributed by atoms with Crippen LogP contribution in [0.15, 0.2) is 35.0 Å². The number of fused-ring (bicyclic) bond motifs is 1. The summed E-state index contributed by atoms with van der Waals surface area (Å²) in [5, 5.41) is 14.0. The number of phenols is 1. The van der Waals surface area contributed by atoms with Crippen molar-refractivity contribution in [3.63, 3.8) is 0 Å². The maximum Gasteiger partial charge on any atom is 0.115 e. The molecule has 2 aromatic rings. The Labute approximate surface area is 124 Å². The van der Waals surface area contributed by atoms with Crippen LogP contribution in [0.3, 0.4) is 0 Å². The maximum atomic E-state index is 9.58. The smallest absolute Gasteiger partial charge is 0.115 e. The van der Waals surface area contributed by atoms with Crippen LogP contribution in [0.25, 0.3) is 0 Å². The van der Waals surface area contributed by atoms with Crippen LogP contribution >= 0.6 is 11.3 Å². The van der Waals surface area contributed by atoms with E-state index >= 15 is 0 Å². The third-order valence-corrected chi connectivity index (χ3v) is 4.66. The third kappa shape index (κ3) is 2.73. The zero-order chi connectivity index (χ0) is 14.1. The molecule has 1 aliphatic rings. The van der Waals surface area contributed by atoms with E-state index < -0.39 is 0 Å². The Hall–Kier alpha value is -1.36. The van der Waals surface area contributed by atoms with Crippen LogP contribution in [0, 0.1) is 0 Å². The van der Waals surface area contributed by atoms with E-state index in [0.29, 0.717) is 11.8 Å². The van der Waals surface area contributed by atoms with Crippen molar-refractivity contribution in [2.24, 2.45) is 0 Å². The Bertz CT molecular complexity index is 580. The molecule has 0 radical (unpaired) electrons. The first-order valence-corrected chi connectivity index (χ1v) is 7.79. The molecule has 0 fully saturated rings. The van der Waals surface area contributed by atoms with Gasteiger partial charge in [0.2, 0.25) is 0 Å². The van der Waals surface area contributed by atoms with E-state index in [9.17, 15) is 5.11 Å².